The van der Waals surface area contributed by atoms with Crippen LogP contribution in [0.15, 0.2) is 16.6 Å². The highest BCUT2D eigenvalue weighted by Gasteiger charge is 2.14. The van der Waals surface area contributed by atoms with E-state index in [0.717, 1.165) is 39.1 Å². The second kappa shape index (κ2) is 6.77. The van der Waals surface area contributed by atoms with Crippen molar-refractivity contribution in [3.8, 4) is 0 Å². The summed E-state index contributed by atoms with van der Waals surface area (Å²) in [6, 6.07) is 3.23. The molecule has 2 rings (SSSR count). The topological polar surface area (TPSA) is 6.48 Å². The minimum Gasteiger partial charge on any atom is -0.304 e. The Morgan fingerprint density at radius 3 is 2.47 bits per heavy atom. The maximum Gasteiger partial charge on any atom is 0.173 e. The Bertz CT molecular complexity index is 432. The van der Waals surface area contributed by atoms with Gasteiger partial charge in [-0.15, -0.1) is 0 Å². The van der Waals surface area contributed by atoms with Crippen molar-refractivity contribution in [1.29, 1.82) is 0 Å². The van der Waals surface area contributed by atoms with E-state index in [-0.39, 0.29) is 4.47 Å². The molecule has 0 aliphatic carbocycles. The predicted octanol–water partition coefficient (Wildman–Crippen LogP) is 2.91. The van der Waals surface area contributed by atoms with Crippen LogP contribution in [0.25, 0.3) is 0 Å². The molecule has 0 atom stereocenters. The first-order valence-electron chi connectivity index (χ1n) is 6.61. The van der Waals surface area contributed by atoms with Crippen LogP contribution < -0.4 is 0 Å². The predicted molar refractivity (Wildman–Crippen MR) is 76.3 cm³/mol. The van der Waals surface area contributed by atoms with Crippen molar-refractivity contribution < 1.29 is 8.78 Å². The smallest absolute Gasteiger partial charge is 0.173 e. The van der Waals surface area contributed by atoms with E-state index in [2.05, 4.69) is 32.8 Å². The van der Waals surface area contributed by atoms with Gasteiger partial charge in [-0.1, -0.05) is 6.07 Å². The molecule has 0 radical (unpaired) electrons. The van der Waals surface area contributed by atoms with Gasteiger partial charge in [-0.25, -0.2) is 8.78 Å². The van der Waals surface area contributed by atoms with E-state index in [1.54, 1.807) is 12.1 Å². The molecule has 2 nitrogen and oxygen atoms in total. The maximum absolute atomic E-state index is 13.7. The van der Waals surface area contributed by atoms with Crippen LogP contribution in [-0.4, -0.2) is 49.6 Å². The standard InChI is InChI=1S/C14H19BrF2N2/c1-18-7-9-19(10-8-18)6-2-3-11-4-5-12(15)14(17)13(11)16/h4-5H,2-3,6-10H2,1H3. The third-order valence-electron chi connectivity index (χ3n) is 3.63. The van der Waals surface area contributed by atoms with Crippen LogP contribution in [-0.2, 0) is 6.42 Å². The van der Waals surface area contributed by atoms with Gasteiger partial charge in [-0.2, -0.15) is 0 Å². The quantitative estimate of drug-likeness (QED) is 0.782. The number of benzene rings is 1. The first kappa shape index (κ1) is 14.9. The Balaban J connectivity index is 1.81. The Morgan fingerprint density at radius 1 is 1.11 bits per heavy atom. The third-order valence-corrected chi connectivity index (χ3v) is 4.24. The highest BCUT2D eigenvalue weighted by Crippen LogP contribution is 2.21. The van der Waals surface area contributed by atoms with Gasteiger partial charge < -0.3 is 9.80 Å². The van der Waals surface area contributed by atoms with Crippen LogP contribution in [0.1, 0.15) is 12.0 Å². The lowest BCUT2D eigenvalue weighted by atomic mass is 10.1. The minimum atomic E-state index is -0.780. The van der Waals surface area contributed by atoms with E-state index in [1.807, 2.05) is 0 Å². The lowest BCUT2D eigenvalue weighted by Gasteiger charge is -2.32. The lowest BCUT2D eigenvalue weighted by Crippen LogP contribution is -2.44. The van der Waals surface area contributed by atoms with Gasteiger partial charge in [-0.05, 0) is 54.0 Å². The maximum atomic E-state index is 13.7. The van der Waals surface area contributed by atoms with Crippen LogP contribution in [0.5, 0.6) is 0 Å². The normalized spacial score (nSPS) is 17.9. The van der Waals surface area contributed by atoms with E-state index < -0.39 is 11.6 Å². The Kier molecular flexibility index (Phi) is 5.30. The molecule has 1 aromatic carbocycles. The van der Waals surface area contributed by atoms with Crippen LogP contribution in [0.3, 0.4) is 0 Å². The minimum absolute atomic E-state index is 0.188. The molecule has 5 heteroatoms. The highest BCUT2D eigenvalue weighted by atomic mass is 79.9. The summed E-state index contributed by atoms with van der Waals surface area (Å²) in [4.78, 5) is 4.69. The van der Waals surface area contributed by atoms with Gasteiger partial charge in [-0.3, -0.25) is 0 Å². The average Bonchev–Trinajstić information content (AvgIpc) is 2.41. The number of hydrogen-bond acceptors (Lipinski definition) is 2. The first-order chi connectivity index (χ1) is 9.08. The SMILES string of the molecule is CN1CCN(CCCc2ccc(Br)c(F)c2F)CC1. The first-order valence-corrected chi connectivity index (χ1v) is 7.40. The largest absolute Gasteiger partial charge is 0.304 e. The van der Waals surface area contributed by atoms with Crippen molar-refractivity contribution in [2.24, 2.45) is 0 Å². The summed E-state index contributed by atoms with van der Waals surface area (Å²) in [6.07, 6.45) is 1.45. The number of piperazine rings is 1. The molecule has 1 heterocycles. The second-order valence-electron chi connectivity index (χ2n) is 5.08. The van der Waals surface area contributed by atoms with E-state index in [1.165, 1.54) is 0 Å². The molecule has 0 amide bonds. The lowest BCUT2D eigenvalue weighted by molar-refractivity contribution is 0.153. The summed E-state index contributed by atoms with van der Waals surface area (Å²) in [5.41, 5.74) is 0.467. The van der Waals surface area contributed by atoms with Gasteiger partial charge in [0, 0.05) is 26.2 Å². The summed E-state index contributed by atoms with van der Waals surface area (Å²) >= 11 is 2.99. The average molecular weight is 333 g/mol. The summed E-state index contributed by atoms with van der Waals surface area (Å²) < 4.78 is 27.2. The van der Waals surface area contributed by atoms with E-state index >= 15 is 0 Å². The fourth-order valence-electron chi connectivity index (χ4n) is 2.32. The fraction of sp³-hybridized carbons (Fsp3) is 0.571. The van der Waals surface area contributed by atoms with Crippen LogP contribution in [0.2, 0.25) is 0 Å². The van der Waals surface area contributed by atoms with Crippen molar-refractivity contribution in [3.63, 3.8) is 0 Å². The van der Waals surface area contributed by atoms with Gasteiger partial charge in [0.25, 0.3) is 0 Å². The van der Waals surface area contributed by atoms with Crippen molar-refractivity contribution >= 4 is 15.9 Å². The number of likely N-dealkylation sites (N-methyl/N-ethyl adjacent to an activating group) is 1. The van der Waals surface area contributed by atoms with Crippen LogP contribution in [0, 0.1) is 11.6 Å². The molecule has 106 valence electrons. The summed E-state index contributed by atoms with van der Waals surface area (Å²) in [7, 11) is 2.12. The molecular formula is C14H19BrF2N2. The van der Waals surface area contributed by atoms with E-state index in [0.29, 0.717) is 12.0 Å². The van der Waals surface area contributed by atoms with Crippen molar-refractivity contribution in [2.75, 3.05) is 39.8 Å². The molecular weight excluding hydrogens is 314 g/mol. The van der Waals surface area contributed by atoms with Gasteiger partial charge >= 0.3 is 0 Å². The van der Waals surface area contributed by atoms with Crippen LogP contribution in [0.4, 0.5) is 8.78 Å². The molecule has 1 aliphatic rings. The zero-order chi connectivity index (χ0) is 13.8. The highest BCUT2D eigenvalue weighted by molar-refractivity contribution is 9.10. The summed E-state index contributed by atoms with van der Waals surface area (Å²) in [5, 5.41) is 0. The molecule has 0 saturated carbocycles. The zero-order valence-electron chi connectivity index (χ0n) is 11.1. The molecule has 0 unspecified atom stereocenters. The van der Waals surface area contributed by atoms with Crippen molar-refractivity contribution in [1.82, 2.24) is 9.80 Å². The number of rotatable bonds is 4. The van der Waals surface area contributed by atoms with Gasteiger partial charge in [0.05, 0.1) is 4.47 Å². The zero-order valence-corrected chi connectivity index (χ0v) is 12.7. The Hall–Kier alpha value is -0.520. The van der Waals surface area contributed by atoms with Crippen molar-refractivity contribution in [2.45, 2.75) is 12.8 Å². The molecule has 0 aromatic heterocycles. The molecule has 1 aliphatic heterocycles. The monoisotopic (exact) mass is 332 g/mol. The number of nitrogens with zero attached hydrogens (tertiary/aromatic N) is 2. The summed E-state index contributed by atoms with van der Waals surface area (Å²) in [5.74, 6) is -1.50. The third kappa shape index (κ3) is 3.97. The van der Waals surface area contributed by atoms with Crippen LogP contribution >= 0.6 is 15.9 Å². The van der Waals surface area contributed by atoms with Gasteiger partial charge in [0.15, 0.2) is 11.6 Å². The molecule has 0 N–H and O–H groups in total. The fourth-order valence-corrected chi connectivity index (χ4v) is 2.63. The summed E-state index contributed by atoms with van der Waals surface area (Å²) in [6.45, 7) is 5.24. The van der Waals surface area contributed by atoms with Crippen molar-refractivity contribution in [3.05, 3.63) is 33.8 Å². The number of hydrogen-bond donors (Lipinski definition) is 0. The van der Waals surface area contributed by atoms with Gasteiger partial charge in [0.1, 0.15) is 0 Å². The molecule has 19 heavy (non-hydrogen) atoms. The van der Waals surface area contributed by atoms with E-state index in [9.17, 15) is 8.78 Å². The molecule has 1 fully saturated rings. The van der Waals surface area contributed by atoms with E-state index in [4.69, 9.17) is 0 Å². The molecule has 1 saturated heterocycles. The van der Waals surface area contributed by atoms with Gasteiger partial charge in [0.2, 0.25) is 0 Å². The Morgan fingerprint density at radius 2 is 1.79 bits per heavy atom. The second-order valence-corrected chi connectivity index (χ2v) is 5.94. The Labute approximate surface area is 121 Å². The number of aryl methyl sites for hydroxylation is 1. The molecule has 1 aromatic rings. The molecule has 0 spiro atoms. The molecule has 0 bridgehead atoms. The number of halogens is 3.